The van der Waals surface area contributed by atoms with Crippen molar-refractivity contribution in [2.45, 2.75) is 40.7 Å². The molecule has 0 radical (unpaired) electrons. The van der Waals surface area contributed by atoms with Gasteiger partial charge in [0, 0.05) is 57.3 Å². The molecule has 1 aromatic rings. The predicted molar refractivity (Wildman–Crippen MR) is 107 cm³/mol. The molecule has 0 saturated carbocycles. The number of nitrogens with one attached hydrogen (secondary N) is 2. The summed E-state index contributed by atoms with van der Waals surface area (Å²) in [6.45, 7) is 13.8. The van der Waals surface area contributed by atoms with Crippen LogP contribution in [0.25, 0.3) is 0 Å². The third kappa shape index (κ3) is 6.82. The maximum absolute atomic E-state index is 11.9. The molecule has 150 valence electrons. The van der Waals surface area contributed by atoms with Crippen LogP contribution in [0.1, 0.15) is 39.7 Å². The number of carbonyl (C=O) groups excluding carboxylic acids is 2. The van der Waals surface area contributed by atoms with Gasteiger partial charge in [-0.1, -0.05) is 33.8 Å². The average Bonchev–Trinajstić information content (AvgIpc) is 2.66. The van der Waals surface area contributed by atoms with Gasteiger partial charge in [-0.3, -0.25) is 9.59 Å². The summed E-state index contributed by atoms with van der Waals surface area (Å²) in [7, 11) is 0. The van der Waals surface area contributed by atoms with E-state index in [9.17, 15) is 9.59 Å². The number of rotatable bonds is 7. The van der Waals surface area contributed by atoms with Gasteiger partial charge in [-0.15, -0.1) is 0 Å². The monoisotopic (exact) mass is 375 g/mol. The lowest BCUT2D eigenvalue weighted by Crippen LogP contribution is -2.46. The lowest BCUT2D eigenvalue weighted by atomic mass is 9.96. The molecule has 2 heterocycles. The highest BCUT2D eigenvalue weighted by atomic mass is 16.2. The number of hydrogen-bond acceptors (Lipinski definition) is 5. The van der Waals surface area contributed by atoms with Crippen LogP contribution in [-0.2, 0) is 16.1 Å². The van der Waals surface area contributed by atoms with Crippen LogP contribution in [0.2, 0.25) is 0 Å². The van der Waals surface area contributed by atoms with E-state index in [0.29, 0.717) is 13.1 Å². The number of carbonyl (C=O) groups is 2. The van der Waals surface area contributed by atoms with Crippen LogP contribution < -0.4 is 15.5 Å². The van der Waals surface area contributed by atoms with Crippen LogP contribution in [0.5, 0.6) is 0 Å². The molecule has 0 aliphatic carbocycles. The summed E-state index contributed by atoms with van der Waals surface area (Å²) in [5.41, 5.74) is 0.533. The summed E-state index contributed by atoms with van der Waals surface area (Å²) in [5, 5.41) is 5.66. The van der Waals surface area contributed by atoms with Crippen molar-refractivity contribution in [2.24, 2.45) is 5.41 Å². The normalized spacial score (nSPS) is 15.5. The van der Waals surface area contributed by atoms with Crippen molar-refractivity contribution < 1.29 is 9.59 Å². The Hall–Kier alpha value is -2.15. The first kappa shape index (κ1) is 21.2. The smallest absolute Gasteiger partial charge is 0.225 e. The van der Waals surface area contributed by atoms with Gasteiger partial charge in [-0.05, 0) is 18.2 Å². The summed E-state index contributed by atoms with van der Waals surface area (Å²) in [4.78, 5) is 33.0. The SMILES string of the molecule is CCN1CCN(c2ccc(CNC(=O)CCNC(=O)C(C)(C)C)cn2)CC1. The molecule has 1 aromatic heterocycles. The van der Waals surface area contributed by atoms with Gasteiger partial charge in [0.25, 0.3) is 0 Å². The van der Waals surface area contributed by atoms with E-state index in [1.54, 1.807) is 0 Å². The van der Waals surface area contributed by atoms with Crippen LogP contribution >= 0.6 is 0 Å². The van der Waals surface area contributed by atoms with Crippen molar-refractivity contribution in [1.82, 2.24) is 20.5 Å². The molecule has 0 aromatic carbocycles. The minimum absolute atomic E-state index is 0.0464. The summed E-state index contributed by atoms with van der Waals surface area (Å²) in [5.74, 6) is 0.865. The van der Waals surface area contributed by atoms with Crippen LogP contribution in [-0.4, -0.2) is 61.0 Å². The van der Waals surface area contributed by atoms with Gasteiger partial charge in [0.05, 0.1) is 0 Å². The fourth-order valence-electron chi connectivity index (χ4n) is 2.85. The second-order valence-electron chi connectivity index (χ2n) is 7.98. The lowest BCUT2D eigenvalue weighted by Gasteiger charge is -2.34. The van der Waals surface area contributed by atoms with Gasteiger partial charge in [0.2, 0.25) is 11.8 Å². The molecule has 1 saturated heterocycles. The molecule has 2 N–H and O–H groups in total. The molecule has 0 atom stereocenters. The highest BCUT2D eigenvalue weighted by molar-refractivity contribution is 5.82. The predicted octanol–water partition coefficient (Wildman–Crippen LogP) is 1.39. The third-order valence-corrected chi connectivity index (χ3v) is 4.76. The molecule has 1 aliphatic rings. The maximum atomic E-state index is 11.9. The molecule has 1 fully saturated rings. The Morgan fingerprint density at radius 1 is 1.11 bits per heavy atom. The lowest BCUT2D eigenvalue weighted by molar-refractivity contribution is -0.128. The first-order chi connectivity index (χ1) is 12.8. The summed E-state index contributed by atoms with van der Waals surface area (Å²) in [6.07, 6.45) is 2.10. The fraction of sp³-hybridized carbons (Fsp3) is 0.650. The van der Waals surface area contributed by atoms with Crippen LogP contribution in [0.4, 0.5) is 5.82 Å². The van der Waals surface area contributed by atoms with E-state index in [2.05, 4.69) is 32.3 Å². The molecule has 0 unspecified atom stereocenters. The maximum Gasteiger partial charge on any atom is 0.225 e. The van der Waals surface area contributed by atoms with E-state index in [-0.39, 0.29) is 18.2 Å². The largest absolute Gasteiger partial charge is 0.355 e. The van der Waals surface area contributed by atoms with Crippen molar-refractivity contribution in [3.05, 3.63) is 23.9 Å². The Labute approximate surface area is 162 Å². The van der Waals surface area contributed by atoms with Crippen molar-refractivity contribution in [3.63, 3.8) is 0 Å². The third-order valence-electron chi connectivity index (χ3n) is 4.76. The van der Waals surface area contributed by atoms with Crippen molar-refractivity contribution in [3.8, 4) is 0 Å². The molecule has 27 heavy (non-hydrogen) atoms. The molecule has 2 amide bonds. The van der Waals surface area contributed by atoms with Gasteiger partial charge in [0.15, 0.2) is 0 Å². The number of likely N-dealkylation sites (N-methyl/N-ethyl adjacent to an activating group) is 1. The molecule has 2 rings (SSSR count). The Balaban J connectivity index is 1.70. The Kier molecular flexibility index (Phi) is 7.59. The number of pyridine rings is 1. The number of anilines is 1. The number of aromatic nitrogens is 1. The van der Waals surface area contributed by atoms with Crippen molar-refractivity contribution in [2.75, 3.05) is 44.2 Å². The number of amides is 2. The standard InChI is InChI=1S/C20H33N5O2/c1-5-24-10-12-25(13-11-24)17-7-6-16(14-22-17)15-23-18(26)8-9-21-19(27)20(2,3)4/h6-7,14H,5,8-13,15H2,1-4H3,(H,21,27)(H,23,26). The molecular weight excluding hydrogens is 342 g/mol. The van der Waals surface area contributed by atoms with Gasteiger partial charge in [-0.25, -0.2) is 4.98 Å². The second kappa shape index (κ2) is 9.69. The van der Waals surface area contributed by atoms with Crippen LogP contribution in [0.15, 0.2) is 18.3 Å². The summed E-state index contributed by atoms with van der Waals surface area (Å²) in [6, 6.07) is 4.03. The fourth-order valence-corrected chi connectivity index (χ4v) is 2.85. The number of nitrogens with zero attached hydrogens (tertiary/aromatic N) is 3. The van der Waals surface area contributed by atoms with Gasteiger partial charge >= 0.3 is 0 Å². The molecule has 7 nitrogen and oxygen atoms in total. The quantitative estimate of drug-likeness (QED) is 0.753. The van der Waals surface area contributed by atoms with Crippen LogP contribution in [0, 0.1) is 5.41 Å². The van der Waals surface area contributed by atoms with Crippen molar-refractivity contribution >= 4 is 17.6 Å². The van der Waals surface area contributed by atoms with E-state index >= 15 is 0 Å². The number of piperazine rings is 1. The molecule has 0 spiro atoms. The topological polar surface area (TPSA) is 77.6 Å². The molecule has 1 aliphatic heterocycles. The zero-order valence-corrected chi connectivity index (χ0v) is 17.0. The highest BCUT2D eigenvalue weighted by Gasteiger charge is 2.20. The molecule has 7 heteroatoms. The van der Waals surface area contributed by atoms with E-state index in [4.69, 9.17) is 0 Å². The number of hydrogen-bond donors (Lipinski definition) is 2. The van der Waals surface area contributed by atoms with Crippen molar-refractivity contribution in [1.29, 1.82) is 0 Å². The molecular formula is C20H33N5O2. The van der Waals surface area contributed by atoms with E-state index < -0.39 is 5.41 Å². The van der Waals surface area contributed by atoms with Crippen LogP contribution in [0.3, 0.4) is 0 Å². The minimum Gasteiger partial charge on any atom is -0.355 e. The highest BCUT2D eigenvalue weighted by Crippen LogP contribution is 2.14. The molecule has 0 bridgehead atoms. The van der Waals surface area contributed by atoms with Gasteiger partial charge in [-0.2, -0.15) is 0 Å². The first-order valence-corrected chi connectivity index (χ1v) is 9.77. The van der Waals surface area contributed by atoms with E-state index in [1.165, 1.54) is 0 Å². The zero-order valence-electron chi connectivity index (χ0n) is 17.0. The van der Waals surface area contributed by atoms with E-state index in [0.717, 1.165) is 44.1 Å². The van der Waals surface area contributed by atoms with Gasteiger partial charge < -0.3 is 20.4 Å². The first-order valence-electron chi connectivity index (χ1n) is 9.77. The summed E-state index contributed by atoms with van der Waals surface area (Å²) < 4.78 is 0. The van der Waals surface area contributed by atoms with Gasteiger partial charge in [0.1, 0.15) is 5.82 Å². The second-order valence-corrected chi connectivity index (χ2v) is 7.98. The zero-order chi connectivity index (χ0) is 19.9. The Bertz CT molecular complexity index is 616. The summed E-state index contributed by atoms with van der Waals surface area (Å²) >= 11 is 0. The Morgan fingerprint density at radius 2 is 1.81 bits per heavy atom. The average molecular weight is 376 g/mol. The Morgan fingerprint density at radius 3 is 2.37 bits per heavy atom. The van der Waals surface area contributed by atoms with E-state index in [1.807, 2.05) is 39.1 Å². The minimum atomic E-state index is -0.437.